The van der Waals surface area contributed by atoms with Crippen molar-refractivity contribution < 1.29 is 9.59 Å². The van der Waals surface area contributed by atoms with Gasteiger partial charge in [-0.2, -0.15) is 0 Å². The van der Waals surface area contributed by atoms with E-state index in [2.05, 4.69) is 10.6 Å². The number of hydrogen-bond acceptors (Lipinski definition) is 4. The van der Waals surface area contributed by atoms with Gasteiger partial charge in [0, 0.05) is 5.69 Å². The van der Waals surface area contributed by atoms with Crippen molar-refractivity contribution in [3.8, 4) is 16.8 Å². The van der Waals surface area contributed by atoms with E-state index in [0.29, 0.717) is 12.2 Å². The number of aromatic nitrogens is 2. The third-order valence-electron chi connectivity index (χ3n) is 7.12. The van der Waals surface area contributed by atoms with E-state index in [1.807, 2.05) is 115 Å². The van der Waals surface area contributed by atoms with Crippen LogP contribution in [0.2, 0.25) is 0 Å². The second kappa shape index (κ2) is 13.0. The Kier molecular flexibility index (Phi) is 8.75. The van der Waals surface area contributed by atoms with E-state index in [-0.39, 0.29) is 24.0 Å². The minimum atomic E-state index is -0.510. The van der Waals surface area contributed by atoms with E-state index in [1.165, 1.54) is 4.68 Å². The van der Waals surface area contributed by atoms with E-state index in [0.717, 1.165) is 22.4 Å². The first-order valence-electron chi connectivity index (χ1n) is 13.8. The molecule has 4 aromatic carbocycles. The van der Waals surface area contributed by atoms with Crippen LogP contribution in [0, 0.1) is 0 Å². The zero-order chi connectivity index (χ0) is 29.5. The largest absolute Gasteiger partial charge is 0.319 e. The molecule has 0 aliphatic carbocycles. The van der Waals surface area contributed by atoms with Gasteiger partial charge in [0.2, 0.25) is 11.8 Å². The summed E-state index contributed by atoms with van der Waals surface area (Å²) in [7, 11) is 1.67. The Bertz CT molecular complexity index is 1710. The van der Waals surface area contributed by atoms with Crippen molar-refractivity contribution in [2.24, 2.45) is 0 Å². The Morgan fingerprint density at radius 3 is 2.10 bits per heavy atom. The molecule has 8 heteroatoms. The summed E-state index contributed by atoms with van der Waals surface area (Å²) in [6.07, 6.45) is 1.57. The van der Waals surface area contributed by atoms with Crippen LogP contribution in [0.4, 0.5) is 11.4 Å². The Hall–Kier alpha value is -5.21. The van der Waals surface area contributed by atoms with Crippen LogP contribution in [0.5, 0.6) is 0 Å². The lowest BCUT2D eigenvalue weighted by Crippen LogP contribution is -2.38. The van der Waals surface area contributed by atoms with E-state index in [4.69, 9.17) is 0 Å². The van der Waals surface area contributed by atoms with Crippen LogP contribution in [-0.4, -0.2) is 34.3 Å². The lowest BCUT2D eigenvalue weighted by molar-refractivity contribution is -0.119. The molecule has 0 saturated heterocycles. The van der Waals surface area contributed by atoms with Gasteiger partial charge in [0.1, 0.15) is 12.2 Å². The first-order valence-corrected chi connectivity index (χ1v) is 13.8. The van der Waals surface area contributed by atoms with E-state index < -0.39 is 11.6 Å². The van der Waals surface area contributed by atoms with Gasteiger partial charge in [-0.3, -0.25) is 19.1 Å². The van der Waals surface area contributed by atoms with Crippen molar-refractivity contribution >= 4 is 23.2 Å². The molecule has 0 bridgehead atoms. The number of carbonyl (C=O) groups is 2. The predicted molar refractivity (Wildman–Crippen MR) is 167 cm³/mol. The zero-order valence-corrected chi connectivity index (χ0v) is 23.6. The van der Waals surface area contributed by atoms with Crippen molar-refractivity contribution in [1.29, 1.82) is 0 Å². The molecule has 212 valence electrons. The molecule has 1 aromatic heterocycles. The van der Waals surface area contributed by atoms with Crippen LogP contribution in [0.1, 0.15) is 12.5 Å². The second-order valence-corrected chi connectivity index (χ2v) is 9.97. The summed E-state index contributed by atoms with van der Waals surface area (Å²) in [6.45, 7) is 1.80. The highest BCUT2D eigenvalue weighted by Crippen LogP contribution is 2.23. The van der Waals surface area contributed by atoms with Crippen LogP contribution in [0.15, 0.2) is 126 Å². The van der Waals surface area contributed by atoms with Crippen LogP contribution < -0.4 is 21.1 Å². The molecular formula is C34H33N5O3. The number of hydrogen-bond donors (Lipinski definition) is 2. The molecule has 1 unspecified atom stereocenters. The predicted octanol–water partition coefficient (Wildman–Crippen LogP) is 5.09. The summed E-state index contributed by atoms with van der Waals surface area (Å²) < 4.78 is 3.01. The average Bonchev–Trinajstić information content (AvgIpc) is 3.34. The summed E-state index contributed by atoms with van der Waals surface area (Å²) in [5, 5.41) is 5.61. The highest BCUT2D eigenvalue weighted by Gasteiger charge is 2.23. The highest BCUT2D eigenvalue weighted by molar-refractivity contribution is 5.95. The molecule has 0 fully saturated rings. The lowest BCUT2D eigenvalue weighted by Gasteiger charge is -2.24. The monoisotopic (exact) mass is 559 g/mol. The third kappa shape index (κ3) is 6.40. The topological polar surface area (TPSA) is 88.4 Å². The highest BCUT2D eigenvalue weighted by atomic mass is 16.2. The van der Waals surface area contributed by atoms with Crippen LogP contribution in [-0.2, 0) is 22.7 Å². The normalized spacial score (nSPS) is 11.6. The molecule has 0 aliphatic rings. The van der Waals surface area contributed by atoms with Gasteiger partial charge in [-0.05, 0) is 54.9 Å². The van der Waals surface area contributed by atoms with Crippen LogP contribution >= 0.6 is 0 Å². The zero-order valence-electron chi connectivity index (χ0n) is 23.6. The minimum absolute atomic E-state index is 0.0920. The van der Waals surface area contributed by atoms with Gasteiger partial charge < -0.3 is 15.5 Å². The van der Waals surface area contributed by atoms with Gasteiger partial charge in [0.15, 0.2) is 0 Å². The molecule has 0 aliphatic heterocycles. The summed E-state index contributed by atoms with van der Waals surface area (Å²) >= 11 is 0. The Balaban J connectivity index is 1.56. The molecule has 1 atom stereocenters. The van der Waals surface area contributed by atoms with Crippen molar-refractivity contribution in [2.75, 3.05) is 17.3 Å². The number of anilines is 2. The molecule has 42 heavy (non-hydrogen) atoms. The molecule has 0 saturated carbocycles. The van der Waals surface area contributed by atoms with Crippen LogP contribution in [0.3, 0.4) is 0 Å². The summed E-state index contributed by atoms with van der Waals surface area (Å²) in [5.41, 5.74) is 3.95. The van der Waals surface area contributed by atoms with Crippen molar-refractivity contribution in [3.63, 3.8) is 0 Å². The van der Waals surface area contributed by atoms with Crippen LogP contribution in [0.25, 0.3) is 16.8 Å². The number of benzene rings is 4. The van der Waals surface area contributed by atoms with E-state index >= 15 is 0 Å². The maximum absolute atomic E-state index is 14.0. The third-order valence-corrected chi connectivity index (χ3v) is 7.12. The van der Waals surface area contributed by atoms with Gasteiger partial charge in [-0.25, -0.2) is 4.68 Å². The molecule has 1 heterocycles. The number of likely N-dealkylation sites (N-methyl/N-ethyl adjacent to an activating group) is 1. The number of amides is 2. The Morgan fingerprint density at radius 1 is 0.810 bits per heavy atom. The summed E-state index contributed by atoms with van der Waals surface area (Å²) in [5.74, 6) is -0.620. The molecule has 2 N–H and O–H groups in total. The standard InChI is InChI=1S/C34H33N5O3/c1-25(35-2)33(41)36-31-23-38(30-20-12-17-28(21-30)27-15-8-4-9-16-27)39(34(31)42)24-32(40)37(29-18-10-5-11-19-29)22-26-13-6-3-7-14-26/h3-21,23,25,35H,22,24H2,1-2H3,(H,36,41). The van der Waals surface area contributed by atoms with Gasteiger partial charge >= 0.3 is 0 Å². The van der Waals surface area contributed by atoms with Crippen molar-refractivity contribution in [3.05, 3.63) is 137 Å². The molecule has 0 spiro atoms. The molecule has 8 nitrogen and oxygen atoms in total. The minimum Gasteiger partial charge on any atom is -0.319 e. The van der Waals surface area contributed by atoms with Gasteiger partial charge in [-0.15, -0.1) is 0 Å². The second-order valence-electron chi connectivity index (χ2n) is 9.97. The van der Waals surface area contributed by atoms with Gasteiger partial charge in [0.05, 0.1) is 24.5 Å². The Labute approximate surface area is 244 Å². The fourth-order valence-electron chi connectivity index (χ4n) is 4.67. The molecule has 5 rings (SSSR count). The van der Waals surface area contributed by atoms with E-state index in [9.17, 15) is 14.4 Å². The van der Waals surface area contributed by atoms with Gasteiger partial charge in [-0.1, -0.05) is 91.0 Å². The number of nitrogens with one attached hydrogen (secondary N) is 2. The quantitative estimate of drug-likeness (QED) is 0.250. The number of carbonyl (C=O) groups excluding carboxylic acids is 2. The molecule has 5 aromatic rings. The first-order chi connectivity index (χ1) is 20.4. The molecular weight excluding hydrogens is 526 g/mol. The molecule has 2 amide bonds. The number of para-hydroxylation sites is 1. The summed E-state index contributed by atoms with van der Waals surface area (Å²) in [4.78, 5) is 42.1. The smallest absolute Gasteiger partial charge is 0.291 e. The lowest BCUT2D eigenvalue weighted by atomic mass is 10.1. The average molecular weight is 560 g/mol. The SMILES string of the molecule is CNC(C)C(=O)Nc1cn(-c2cccc(-c3ccccc3)c2)n(CC(=O)N(Cc2ccccc2)c2ccccc2)c1=O. The number of nitrogens with zero attached hydrogens (tertiary/aromatic N) is 3. The van der Waals surface area contributed by atoms with Crippen molar-refractivity contribution in [2.45, 2.75) is 26.1 Å². The van der Waals surface area contributed by atoms with Crippen molar-refractivity contribution in [1.82, 2.24) is 14.7 Å². The first kappa shape index (κ1) is 28.3. The van der Waals surface area contributed by atoms with E-state index in [1.54, 1.807) is 29.7 Å². The van der Waals surface area contributed by atoms with Gasteiger partial charge in [0.25, 0.3) is 5.56 Å². The Morgan fingerprint density at radius 2 is 1.43 bits per heavy atom. The maximum Gasteiger partial charge on any atom is 0.291 e. The number of rotatable bonds is 10. The fraction of sp³-hybridized carbons (Fsp3) is 0.147. The maximum atomic E-state index is 14.0. The fourth-order valence-corrected chi connectivity index (χ4v) is 4.67. The summed E-state index contributed by atoms with van der Waals surface area (Å²) in [6, 6.07) is 36.2. The molecule has 0 radical (unpaired) electrons.